The molecule has 0 rings (SSSR count). The van der Waals surface area contributed by atoms with Gasteiger partial charge in [-0.1, -0.05) is 56.9 Å². The Balaban J connectivity index is 3.11. The van der Waals surface area contributed by atoms with Gasteiger partial charge in [0.2, 0.25) is 0 Å². The summed E-state index contributed by atoms with van der Waals surface area (Å²) in [4.78, 5) is 0. The van der Waals surface area contributed by atoms with Gasteiger partial charge in [0, 0.05) is 14.2 Å². The number of rotatable bonds is 13. The molecule has 0 aliphatic heterocycles. The quantitative estimate of drug-likeness (QED) is 0.265. The van der Waals surface area contributed by atoms with Crippen molar-refractivity contribution in [3.05, 3.63) is 24.8 Å². The zero-order valence-electron chi connectivity index (χ0n) is 12.2. The Hall–Kier alpha value is -0.600. The molecule has 18 heavy (non-hydrogen) atoms. The minimum Gasteiger partial charge on any atom is -0.356 e. The van der Waals surface area contributed by atoms with Gasteiger partial charge in [-0.3, -0.25) is 0 Å². The average molecular weight is 254 g/mol. The summed E-state index contributed by atoms with van der Waals surface area (Å²) in [6, 6.07) is 0. The maximum atomic E-state index is 5.16. The smallest absolute Gasteiger partial charge is 0.156 e. The average Bonchev–Trinajstić information content (AvgIpc) is 2.40. The summed E-state index contributed by atoms with van der Waals surface area (Å²) in [5, 5.41) is 0. The molecule has 0 saturated heterocycles. The fourth-order valence-electron chi connectivity index (χ4n) is 1.98. The normalized spacial score (nSPS) is 11.5. The minimum atomic E-state index is -0.0124. The molecule has 0 fully saturated rings. The van der Waals surface area contributed by atoms with E-state index in [2.05, 4.69) is 12.7 Å². The van der Waals surface area contributed by atoms with E-state index >= 15 is 0 Å². The van der Waals surface area contributed by atoms with Crippen LogP contribution in [0.2, 0.25) is 0 Å². The van der Waals surface area contributed by atoms with Crippen LogP contribution in [0.3, 0.4) is 0 Å². The number of allylic oxidation sites excluding steroid dienone is 3. The van der Waals surface area contributed by atoms with Gasteiger partial charge in [-0.15, -0.1) is 0 Å². The lowest BCUT2D eigenvalue weighted by molar-refractivity contribution is -0.107. The van der Waals surface area contributed by atoms with Crippen LogP contribution in [0.1, 0.15) is 57.8 Å². The SMILES string of the molecule is C=C/C=C/CCCCCCCCCC(OC)OC. The molecule has 0 saturated carbocycles. The summed E-state index contributed by atoms with van der Waals surface area (Å²) in [6.07, 6.45) is 17.5. The van der Waals surface area contributed by atoms with Crippen LogP contribution in [0.15, 0.2) is 24.8 Å². The van der Waals surface area contributed by atoms with Crippen molar-refractivity contribution in [2.75, 3.05) is 14.2 Å². The monoisotopic (exact) mass is 254 g/mol. The maximum absolute atomic E-state index is 5.16. The Kier molecular flexibility index (Phi) is 14.0. The summed E-state index contributed by atoms with van der Waals surface area (Å²) in [6.45, 7) is 3.66. The topological polar surface area (TPSA) is 18.5 Å². The molecule has 0 bridgehead atoms. The van der Waals surface area contributed by atoms with Gasteiger partial charge >= 0.3 is 0 Å². The molecule has 0 aliphatic rings. The van der Waals surface area contributed by atoms with Gasteiger partial charge in [-0.2, -0.15) is 0 Å². The minimum absolute atomic E-state index is 0.0124. The first kappa shape index (κ1) is 17.4. The lowest BCUT2D eigenvalue weighted by Gasteiger charge is -2.12. The van der Waals surface area contributed by atoms with Crippen molar-refractivity contribution >= 4 is 0 Å². The summed E-state index contributed by atoms with van der Waals surface area (Å²) in [5.41, 5.74) is 0. The molecule has 0 unspecified atom stereocenters. The van der Waals surface area contributed by atoms with Crippen LogP contribution in [0, 0.1) is 0 Å². The zero-order chi connectivity index (χ0) is 13.5. The highest BCUT2D eigenvalue weighted by Crippen LogP contribution is 2.12. The standard InChI is InChI=1S/C16H30O2/c1-4-5-6-7-8-9-10-11-12-13-14-15-16(17-2)18-3/h4-6,16H,1,7-15H2,2-3H3/b6-5+. The Morgan fingerprint density at radius 3 is 2.00 bits per heavy atom. The van der Waals surface area contributed by atoms with Crippen LogP contribution in [0.5, 0.6) is 0 Å². The third-order valence-electron chi connectivity index (χ3n) is 3.11. The summed E-state index contributed by atoms with van der Waals surface area (Å²) in [5.74, 6) is 0. The molecule has 0 amide bonds. The van der Waals surface area contributed by atoms with Crippen LogP contribution >= 0.6 is 0 Å². The second-order valence-corrected chi connectivity index (χ2v) is 4.62. The summed E-state index contributed by atoms with van der Waals surface area (Å²) >= 11 is 0. The van der Waals surface area contributed by atoms with Gasteiger partial charge < -0.3 is 9.47 Å². The third-order valence-corrected chi connectivity index (χ3v) is 3.11. The van der Waals surface area contributed by atoms with E-state index in [4.69, 9.17) is 9.47 Å². The van der Waals surface area contributed by atoms with Crippen molar-refractivity contribution in [1.29, 1.82) is 0 Å². The fourth-order valence-corrected chi connectivity index (χ4v) is 1.98. The first-order valence-corrected chi connectivity index (χ1v) is 7.18. The van der Waals surface area contributed by atoms with Crippen LogP contribution in [-0.4, -0.2) is 20.5 Å². The van der Waals surface area contributed by atoms with Crippen molar-refractivity contribution in [3.63, 3.8) is 0 Å². The Morgan fingerprint density at radius 2 is 1.44 bits per heavy atom. The lowest BCUT2D eigenvalue weighted by Crippen LogP contribution is -2.12. The molecule has 0 heterocycles. The fraction of sp³-hybridized carbons (Fsp3) is 0.750. The highest BCUT2D eigenvalue weighted by atomic mass is 16.7. The lowest BCUT2D eigenvalue weighted by atomic mass is 10.1. The Morgan fingerprint density at radius 1 is 0.889 bits per heavy atom. The Labute approximate surface area is 113 Å². The van der Waals surface area contributed by atoms with Gasteiger partial charge in [0.15, 0.2) is 6.29 Å². The molecule has 2 nitrogen and oxygen atoms in total. The largest absolute Gasteiger partial charge is 0.356 e. The summed E-state index contributed by atoms with van der Waals surface area (Å²) < 4.78 is 10.3. The molecule has 0 N–H and O–H groups in total. The van der Waals surface area contributed by atoms with E-state index in [-0.39, 0.29) is 6.29 Å². The van der Waals surface area contributed by atoms with Crippen molar-refractivity contribution in [1.82, 2.24) is 0 Å². The number of unbranched alkanes of at least 4 members (excludes halogenated alkanes) is 7. The number of hydrogen-bond acceptors (Lipinski definition) is 2. The van der Waals surface area contributed by atoms with Crippen molar-refractivity contribution < 1.29 is 9.47 Å². The molecular formula is C16H30O2. The van der Waals surface area contributed by atoms with E-state index in [0.29, 0.717) is 0 Å². The van der Waals surface area contributed by atoms with Crippen LogP contribution < -0.4 is 0 Å². The van der Waals surface area contributed by atoms with E-state index in [1.54, 1.807) is 14.2 Å². The number of ether oxygens (including phenoxy) is 2. The van der Waals surface area contributed by atoms with E-state index in [9.17, 15) is 0 Å². The molecule has 0 radical (unpaired) electrons. The molecule has 0 spiro atoms. The van der Waals surface area contributed by atoms with Crippen LogP contribution in [0.25, 0.3) is 0 Å². The molecule has 0 atom stereocenters. The van der Waals surface area contributed by atoms with Gasteiger partial charge in [0.05, 0.1) is 0 Å². The molecular weight excluding hydrogens is 224 g/mol. The van der Waals surface area contributed by atoms with Gasteiger partial charge in [0.1, 0.15) is 0 Å². The molecule has 2 heteroatoms. The predicted octanol–water partition coefficient (Wildman–Crippen LogP) is 4.86. The molecule has 106 valence electrons. The second kappa shape index (κ2) is 14.5. The van der Waals surface area contributed by atoms with Gasteiger partial charge in [-0.25, -0.2) is 0 Å². The van der Waals surface area contributed by atoms with E-state index in [0.717, 1.165) is 6.42 Å². The highest BCUT2D eigenvalue weighted by molar-refractivity contribution is 4.96. The third kappa shape index (κ3) is 11.9. The van der Waals surface area contributed by atoms with Crippen molar-refractivity contribution in [2.45, 2.75) is 64.1 Å². The zero-order valence-corrected chi connectivity index (χ0v) is 12.2. The molecule has 0 aromatic heterocycles. The number of hydrogen-bond donors (Lipinski definition) is 0. The van der Waals surface area contributed by atoms with Crippen molar-refractivity contribution in [2.24, 2.45) is 0 Å². The first-order chi connectivity index (χ1) is 8.85. The first-order valence-electron chi connectivity index (χ1n) is 7.18. The van der Waals surface area contributed by atoms with Gasteiger partial charge in [0.25, 0.3) is 0 Å². The van der Waals surface area contributed by atoms with Gasteiger partial charge in [-0.05, 0) is 25.7 Å². The van der Waals surface area contributed by atoms with Crippen LogP contribution in [0.4, 0.5) is 0 Å². The molecule has 0 aromatic carbocycles. The Bertz CT molecular complexity index is 195. The molecule has 0 aromatic rings. The predicted molar refractivity (Wildman–Crippen MR) is 78.7 cm³/mol. The maximum Gasteiger partial charge on any atom is 0.156 e. The van der Waals surface area contributed by atoms with E-state index in [1.165, 1.54) is 51.4 Å². The summed E-state index contributed by atoms with van der Waals surface area (Å²) in [7, 11) is 3.41. The number of methoxy groups -OCH3 is 2. The molecule has 0 aliphatic carbocycles. The second-order valence-electron chi connectivity index (χ2n) is 4.62. The van der Waals surface area contributed by atoms with E-state index < -0.39 is 0 Å². The van der Waals surface area contributed by atoms with Crippen LogP contribution in [-0.2, 0) is 9.47 Å². The highest BCUT2D eigenvalue weighted by Gasteiger charge is 2.03. The van der Waals surface area contributed by atoms with Crippen molar-refractivity contribution in [3.8, 4) is 0 Å². The van der Waals surface area contributed by atoms with E-state index in [1.807, 2.05) is 12.2 Å².